The molecule has 0 aliphatic heterocycles. The number of rotatable bonds is 6. The van der Waals surface area contributed by atoms with E-state index in [9.17, 15) is 13.2 Å². The number of esters is 1. The SMILES string of the molecule is C=C(C)C(=O)Oc1ccccc1S(=O)(=O)NCCC. The van der Waals surface area contributed by atoms with E-state index in [1.807, 2.05) is 6.92 Å². The summed E-state index contributed by atoms with van der Waals surface area (Å²) >= 11 is 0. The summed E-state index contributed by atoms with van der Waals surface area (Å²) in [5.74, 6) is -0.655. The number of hydrogen-bond donors (Lipinski definition) is 1. The molecule has 0 aromatic heterocycles. The lowest BCUT2D eigenvalue weighted by molar-refractivity contribution is -0.130. The van der Waals surface area contributed by atoms with Crippen LogP contribution in [0.5, 0.6) is 5.75 Å². The molecule has 5 nitrogen and oxygen atoms in total. The highest BCUT2D eigenvalue weighted by atomic mass is 32.2. The summed E-state index contributed by atoms with van der Waals surface area (Å²) in [5.41, 5.74) is 0.203. The minimum absolute atomic E-state index is 0.000830. The lowest BCUT2D eigenvalue weighted by atomic mass is 10.3. The van der Waals surface area contributed by atoms with Gasteiger partial charge in [0.1, 0.15) is 4.90 Å². The number of nitrogens with one attached hydrogen (secondary N) is 1. The molecule has 0 saturated heterocycles. The maximum atomic E-state index is 12.0. The molecule has 0 heterocycles. The van der Waals surface area contributed by atoms with Crippen LogP contribution in [0.4, 0.5) is 0 Å². The number of para-hydroxylation sites is 1. The van der Waals surface area contributed by atoms with Crippen molar-refractivity contribution in [2.24, 2.45) is 0 Å². The zero-order valence-corrected chi connectivity index (χ0v) is 11.8. The monoisotopic (exact) mass is 283 g/mol. The molecule has 19 heavy (non-hydrogen) atoms. The molecule has 6 heteroatoms. The highest BCUT2D eigenvalue weighted by molar-refractivity contribution is 7.89. The summed E-state index contributed by atoms with van der Waals surface area (Å²) in [7, 11) is -3.68. The van der Waals surface area contributed by atoms with Crippen molar-refractivity contribution in [3.63, 3.8) is 0 Å². The molecule has 0 bridgehead atoms. The first-order valence-electron chi connectivity index (χ1n) is 5.85. The van der Waals surface area contributed by atoms with Crippen molar-refractivity contribution in [3.8, 4) is 5.75 Å². The van der Waals surface area contributed by atoms with Gasteiger partial charge < -0.3 is 4.74 Å². The third-order valence-electron chi connectivity index (χ3n) is 2.23. The molecule has 0 unspecified atom stereocenters. The maximum absolute atomic E-state index is 12.0. The van der Waals surface area contributed by atoms with Gasteiger partial charge in [-0.2, -0.15) is 0 Å². The Morgan fingerprint density at radius 2 is 2.00 bits per heavy atom. The number of carbonyl (C=O) groups excluding carboxylic acids is 1. The predicted octanol–water partition coefficient (Wildman–Crippen LogP) is 1.86. The summed E-state index contributed by atoms with van der Waals surface area (Å²) in [6, 6.07) is 5.98. The first-order valence-corrected chi connectivity index (χ1v) is 7.33. The van der Waals surface area contributed by atoms with Crippen LogP contribution in [0, 0.1) is 0 Å². The normalized spacial score (nSPS) is 11.1. The van der Waals surface area contributed by atoms with E-state index in [2.05, 4.69) is 11.3 Å². The van der Waals surface area contributed by atoms with Crippen molar-refractivity contribution in [2.45, 2.75) is 25.2 Å². The van der Waals surface area contributed by atoms with Gasteiger partial charge in [0.25, 0.3) is 0 Å². The van der Waals surface area contributed by atoms with Crippen molar-refractivity contribution in [3.05, 3.63) is 36.4 Å². The van der Waals surface area contributed by atoms with Crippen LogP contribution >= 0.6 is 0 Å². The molecule has 0 fully saturated rings. The molecule has 0 atom stereocenters. The summed E-state index contributed by atoms with van der Waals surface area (Å²) in [5, 5.41) is 0. The van der Waals surface area contributed by atoms with E-state index in [-0.39, 0.29) is 16.2 Å². The van der Waals surface area contributed by atoms with Gasteiger partial charge in [0.15, 0.2) is 5.75 Å². The summed E-state index contributed by atoms with van der Waals surface area (Å²) < 4.78 is 31.5. The fourth-order valence-electron chi connectivity index (χ4n) is 1.26. The molecule has 1 aromatic carbocycles. The second-order valence-corrected chi connectivity index (χ2v) is 5.75. The van der Waals surface area contributed by atoms with Gasteiger partial charge in [0.05, 0.1) is 0 Å². The van der Waals surface area contributed by atoms with Crippen LogP contribution in [0.2, 0.25) is 0 Å². The van der Waals surface area contributed by atoms with Gasteiger partial charge in [-0.15, -0.1) is 0 Å². The molecule has 0 aliphatic carbocycles. The molecule has 0 amide bonds. The third-order valence-corrected chi connectivity index (χ3v) is 3.73. The average molecular weight is 283 g/mol. The Balaban J connectivity index is 3.09. The quantitative estimate of drug-likeness (QED) is 0.491. The van der Waals surface area contributed by atoms with Crippen LogP contribution in [0.1, 0.15) is 20.3 Å². The van der Waals surface area contributed by atoms with E-state index >= 15 is 0 Å². The lowest BCUT2D eigenvalue weighted by Crippen LogP contribution is -2.25. The zero-order valence-electron chi connectivity index (χ0n) is 11.0. The highest BCUT2D eigenvalue weighted by Gasteiger charge is 2.20. The molecule has 0 saturated carbocycles. The Morgan fingerprint density at radius 1 is 1.37 bits per heavy atom. The average Bonchev–Trinajstić information content (AvgIpc) is 2.36. The Labute approximate surface area is 113 Å². The molecule has 104 valence electrons. The number of hydrogen-bond acceptors (Lipinski definition) is 4. The minimum Gasteiger partial charge on any atom is -0.422 e. The van der Waals surface area contributed by atoms with Crippen LogP contribution in [0.3, 0.4) is 0 Å². The van der Waals surface area contributed by atoms with E-state index in [0.717, 1.165) is 0 Å². The molecular weight excluding hydrogens is 266 g/mol. The number of carbonyl (C=O) groups is 1. The second kappa shape index (κ2) is 6.49. The molecule has 0 spiro atoms. The van der Waals surface area contributed by atoms with Gasteiger partial charge in [-0.3, -0.25) is 0 Å². The van der Waals surface area contributed by atoms with Gasteiger partial charge in [-0.25, -0.2) is 17.9 Å². The molecule has 0 aliphatic rings. The van der Waals surface area contributed by atoms with Crippen molar-refractivity contribution >= 4 is 16.0 Å². The van der Waals surface area contributed by atoms with Gasteiger partial charge in [0.2, 0.25) is 10.0 Å². The Kier molecular flexibility index (Phi) is 5.26. The number of sulfonamides is 1. The van der Waals surface area contributed by atoms with Crippen LogP contribution in [0.15, 0.2) is 41.3 Å². The highest BCUT2D eigenvalue weighted by Crippen LogP contribution is 2.23. The van der Waals surface area contributed by atoms with E-state index in [1.165, 1.54) is 19.1 Å². The Bertz CT molecular complexity index is 578. The molecule has 1 rings (SSSR count). The van der Waals surface area contributed by atoms with Crippen LogP contribution in [-0.4, -0.2) is 20.9 Å². The topological polar surface area (TPSA) is 72.5 Å². The minimum atomic E-state index is -3.68. The first-order chi connectivity index (χ1) is 8.88. The van der Waals surface area contributed by atoms with E-state index in [1.54, 1.807) is 12.1 Å². The molecular formula is C13H17NO4S. The van der Waals surface area contributed by atoms with E-state index in [4.69, 9.17) is 4.74 Å². The van der Waals surface area contributed by atoms with Crippen LogP contribution in [-0.2, 0) is 14.8 Å². The third kappa shape index (κ3) is 4.18. The van der Waals surface area contributed by atoms with E-state index in [0.29, 0.717) is 13.0 Å². The van der Waals surface area contributed by atoms with Crippen molar-refractivity contribution in [1.82, 2.24) is 4.72 Å². The largest absolute Gasteiger partial charge is 0.422 e. The number of ether oxygens (including phenoxy) is 1. The van der Waals surface area contributed by atoms with Crippen LogP contribution < -0.4 is 9.46 Å². The second-order valence-electron chi connectivity index (χ2n) is 4.01. The van der Waals surface area contributed by atoms with Gasteiger partial charge in [-0.1, -0.05) is 25.6 Å². The van der Waals surface area contributed by atoms with Gasteiger partial charge >= 0.3 is 5.97 Å². The number of benzene rings is 1. The van der Waals surface area contributed by atoms with Gasteiger partial charge in [-0.05, 0) is 25.5 Å². The summed E-state index contributed by atoms with van der Waals surface area (Å²) in [6.07, 6.45) is 0.674. The first kappa shape index (κ1) is 15.4. The summed E-state index contributed by atoms with van der Waals surface area (Å²) in [4.78, 5) is 11.4. The lowest BCUT2D eigenvalue weighted by Gasteiger charge is -2.11. The van der Waals surface area contributed by atoms with Crippen LogP contribution in [0.25, 0.3) is 0 Å². The van der Waals surface area contributed by atoms with Crippen molar-refractivity contribution < 1.29 is 17.9 Å². The van der Waals surface area contributed by atoms with E-state index < -0.39 is 16.0 Å². The Hall–Kier alpha value is -1.66. The molecule has 0 radical (unpaired) electrons. The zero-order chi connectivity index (χ0) is 14.5. The summed E-state index contributed by atoms with van der Waals surface area (Å²) in [6.45, 7) is 7.13. The maximum Gasteiger partial charge on any atom is 0.338 e. The van der Waals surface area contributed by atoms with Gasteiger partial charge in [0, 0.05) is 12.1 Å². The fraction of sp³-hybridized carbons (Fsp3) is 0.308. The fourth-order valence-corrected chi connectivity index (χ4v) is 2.52. The van der Waals surface area contributed by atoms with Crippen molar-refractivity contribution in [2.75, 3.05) is 6.54 Å². The predicted molar refractivity (Wildman–Crippen MR) is 72.4 cm³/mol. The molecule has 1 N–H and O–H groups in total. The molecule has 1 aromatic rings. The Morgan fingerprint density at radius 3 is 2.58 bits per heavy atom. The standard InChI is InChI=1S/C13H17NO4S/c1-4-9-14-19(16,17)12-8-6-5-7-11(12)18-13(15)10(2)3/h5-8,14H,2,4,9H2,1,3H3. The van der Waals surface area contributed by atoms with Crippen molar-refractivity contribution in [1.29, 1.82) is 0 Å². The smallest absolute Gasteiger partial charge is 0.338 e.